The molecule has 0 radical (unpaired) electrons. The Kier molecular flexibility index (Phi) is 6.06. The number of carbonyl (C=O) groups is 2. The van der Waals surface area contributed by atoms with Gasteiger partial charge in [0.05, 0.1) is 29.6 Å². The number of nitrogens with zero attached hydrogens (tertiary/aromatic N) is 2. The maximum Gasteiger partial charge on any atom is 0.424 e. The lowest BCUT2D eigenvalue weighted by Crippen LogP contribution is -2.51. The predicted molar refractivity (Wildman–Crippen MR) is 130 cm³/mol. The fourth-order valence-electron chi connectivity index (χ4n) is 4.39. The number of imidazole rings is 1. The van der Waals surface area contributed by atoms with Crippen LogP contribution in [0.3, 0.4) is 0 Å². The van der Waals surface area contributed by atoms with E-state index in [9.17, 15) is 32.3 Å². The van der Waals surface area contributed by atoms with Gasteiger partial charge in [0.15, 0.2) is 0 Å². The summed E-state index contributed by atoms with van der Waals surface area (Å²) in [6.07, 6.45) is -4.00. The largest absolute Gasteiger partial charge is 0.489 e. The molecule has 5 N–H and O–H groups in total. The van der Waals surface area contributed by atoms with Crippen molar-refractivity contribution in [3.63, 3.8) is 0 Å². The first-order valence-electron chi connectivity index (χ1n) is 11.6. The van der Waals surface area contributed by atoms with Crippen molar-refractivity contribution in [2.75, 3.05) is 13.2 Å². The van der Waals surface area contributed by atoms with Crippen LogP contribution in [0, 0.1) is 5.82 Å². The van der Waals surface area contributed by atoms with Crippen LogP contribution in [0.25, 0.3) is 22.3 Å². The van der Waals surface area contributed by atoms with Crippen LogP contribution in [-0.4, -0.2) is 51.2 Å². The monoisotopic (exact) mass is 543 g/mol. The number of alkyl halides is 3. The molecule has 39 heavy (non-hydrogen) atoms. The Labute approximate surface area is 218 Å². The summed E-state index contributed by atoms with van der Waals surface area (Å²) in [5.74, 6) is -2.42. The zero-order valence-corrected chi connectivity index (χ0v) is 20.3. The van der Waals surface area contributed by atoms with E-state index in [0.29, 0.717) is 5.52 Å². The van der Waals surface area contributed by atoms with E-state index in [1.807, 2.05) is 0 Å². The van der Waals surface area contributed by atoms with Crippen molar-refractivity contribution in [2.45, 2.75) is 24.1 Å². The number of benzene rings is 2. The number of aromatic amines is 1. The third-order valence-corrected chi connectivity index (χ3v) is 6.83. The van der Waals surface area contributed by atoms with Crippen molar-refractivity contribution < 1.29 is 37.0 Å². The van der Waals surface area contributed by atoms with E-state index < -0.39 is 47.1 Å². The van der Waals surface area contributed by atoms with Gasteiger partial charge in [-0.3, -0.25) is 9.59 Å². The molecule has 202 valence electrons. The van der Waals surface area contributed by atoms with Crippen molar-refractivity contribution in [3.05, 3.63) is 77.5 Å². The summed E-state index contributed by atoms with van der Waals surface area (Å²) in [6, 6.07) is 10.1. The van der Waals surface area contributed by atoms with E-state index in [4.69, 9.17) is 10.5 Å². The van der Waals surface area contributed by atoms with Crippen molar-refractivity contribution in [1.29, 1.82) is 0 Å². The molecule has 9 nitrogen and oxygen atoms in total. The summed E-state index contributed by atoms with van der Waals surface area (Å²) in [5, 5.41) is 13.2. The number of carbonyl (C=O) groups excluding carboxylic acids is 2. The molecule has 0 saturated heterocycles. The van der Waals surface area contributed by atoms with Crippen molar-refractivity contribution in [2.24, 2.45) is 5.73 Å². The molecular formula is C26H21F4N5O4. The Hall–Kier alpha value is -4.52. The number of ether oxygens (including phenoxy) is 1. The van der Waals surface area contributed by atoms with Crippen LogP contribution in [0.1, 0.15) is 28.5 Å². The first-order chi connectivity index (χ1) is 18.3. The van der Waals surface area contributed by atoms with Gasteiger partial charge in [-0.25, -0.2) is 14.4 Å². The number of pyridine rings is 1. The van der Waals surface area contributed by atoms with Gasteiger partial charge in [-0.1, -0.05) is 6.07 Å². The molecule has 0 bridgehead atoms. The summed E-state index contributed by atoms with van der Waals surface area (Å²) in [4.78, 5) is 36.1. The first kappa shape index (κ1) is 26.1. The number of H-pyrrole nitrogens is 1. The Morgan fingerprint density at radius 3 is 2.59 bits per heavy atom. The summed E-state index contributed by atoms with van der Waals surface area (Å²) in [6.45, 7) is -0.219. The minimum absolute atomic E-state index is 0.0121. The van der Waals surface area contributed by atoms with Crippen LogP contribution in [-0.2, 0) is 15.8 Å². The number of fused-ring (bicyclic) bond motifs is 2. The maximum atomic E-state index is 14.5. The van der Waals surface area contributed by atoms with Gasteiger partial charge in [-0.15, -0.1) is 0 Å². The lowest BCUT2D eigenvalue weighted by molar-refractivity contribution is -0.265. The number of nitrogens with two attached hydrogens (primary N) is 1. The fourth-order valence-corrected chi connectivity index (χ4v) is 4.39. The zero-order valence-electron chi connectivity index (χ0n) is 20.3. The molecule has 0 fully saturated rings. The van der Waals surface area contributed by atoms with Gasteiger partial charge in [0, 0.05) is 11.1 Å². The molecule has 2 aromatic carbocycles. The minimum Gasteiger partial charge on any atom is -0.489 e. The fraction of sp³-hybridized carbons (Fsp3) is 0.231. The van der Waals surface area contributed by atoms with Crippen molar-refractivity contribution >= 4 is 22.8 Å². The highest BCUT2D eigenvalue weighted by molar-refractivity contribution is 6.04. The van der Waals surface area contributed by atoms with E-state index in [-0.39, 0.29) is 40.3 Å². The molecule has 1 aliphatic rings. The van der Waals surface area contributed by atoms with Crippen LogP contribution < -0.4 is 15.8 Å². The second-order valence-electron chi connectivity index (χ2n) is 9.37. The summed E-state index contributed by atoms with van der Waals surface area (Å²) in [7, 11) is 0. The summed E-state index contributed by atoms with van der Waals surface area (Å²) >= 11 is 0. The number of para-hydroxylation sites is 1. The van der Waals surface area contributed by atoms with E-state index in [0.717, 1.165) is 18.2 Å². The number of nitrogens with one attached hydrogen (secondary N) is 2. The molecule has 1 unspecified atom stereocenters. The molecule has 5 rings (SSSR count). The number of aliphatic hydroxyl groups is 1. The Balaban J connectivity index is 1.62. The normalized spacial score (nSPS) is 18.3. The SMILES string of the molecule is C[C@]1(C(N)=O)COc2c1cc(C(O)(CNC(=O)c1cccc3[nH]cnc13)C(F)(F)F)nc2-c1ccc(F)cc1. The molecule has 1 aliphatic heterocycles. The molecule has 13 heteroatoms. The number of aromatic nitrogens is 3. The van der Waals surface area contributed by atoms with Gasteiger partial charge in [0.25, 0.3) is 5.91 Å². The summed E-state index contributed by atoms with van der Waals surface area (Å²) < 4.78 is 62.7. The van der Waals surface area contributed by atoms with Crippen LogP contribution in [0.15, 0.2) is 54.9 Å². The van der Waals surface area contributed by atoms with Gasteiger partial charge in [0.1, 0.15) is 34.8 Å². The zero-order chi connectivity index (χ0) is 28.2. The van der Waals surface area contributed by atoms with Gasteiger partial charge < -0.3 is 25.9 Å². The number of hydrogen-bond acceptors (Lipinski definition) is 6. The Morgan fingerprint density at radius 1 is 1.21 bits per heavy atom. The van der Waals surface area contributed by atoms with Crippen LogP contribution in [0.5, 0.6) is 5.75 Å². The highest BCUT2D eigenvalue weighted by Crippen LogP contribution is 2.47. The van der Waals surface area contributed by atoms with E-state index in [1.165, 1.54) is 37.5 Å². The summed E-state index contributed by atoms with van der Waals surface area (Å²) in [5.41, 5.74) is 0.0779. The topological polar surface area (TPSA) is 143 Å². The molecule has 2 aromatic heterocycles. The lowest BCUT2D eigenvalue weighted by Gasteiger charge is -2.31. The smallest absolute Gasteiger partial charge is 0.424 e. The van der Waals surface area contributed by atoms with Gasteiger partial charge in [-0.2, -0.15) is 13.2 Å². The second-order valence-corrected chi connectivity index (χ2v) is 9.37. The standard InChI is InChI=1S/C26H21F4N5O4/c1-24(23(31)37)11-39-21-16(24)9-18(35-19(21)13-5-7-14(27)8-6-13)25(38,26(28,29)30)10-32-22(36)15-3-2-4-17-20(15)34-12-33-17/h2-9,12,38H,10-11H2,1H3,(H2,31,37)(H,32,36)(H,33,34)/t24-,25?/m0/s1. The average Bonchev–Trinajstić information content (AvgIpc) is 3.52. The third kappa shape index (κ3) is 4.24. The van der Waals surface area contributed by atoms with E-state index >= 15 is 0 Å². The molecule has 0 saturated carbocycles. The number of primary amides is 1. The Morgan fingerprint density at radius 2 is 1.92 bits per heavy atom. The molecule has 0 aliphatic carbocycles. The Bertz CT molecular complexity index is 1600. The van der Waals surface area contributed by atoms with Crippen molar-refractivity contribution in [3.8, 4) is 17.0 Å². The molecule has 3 heterocycles. The maximum absolute atomic E-state index is 14.5. The predicted octanol–water partition coefficient (Wildman–Crippen LogP) is 3.08. The number of halogens is 4. The molecule has 2 atom stereocenters. The van der Waals surface area contributed by atoms with Crippen molar-refractivity contribution in [1.82, 2.24) is 20.3 Å². The second kappa shape index (κ2) is 9.05. The van der Waals surface area contributed by atoms with Gasteiger partial charge in [-0.05, 0) is 49.4 Å². The molecular weight excluding hydrogens is 522 g/mol. The van der Waals surface area contributed by atoms with Crippen LogP contribution in [0.2, 0.25) is 0 Å². The average molecular weight is 543 g/mol. The number of rotatable bonds is 6. The molecule has 0 spiro atoms. The van der Waals surface area contributed by atoms with Crippen LogP contribution in [0.4, 0.5) is 17.6 Å². The lowest BCUT2D eigenvalue weighted by atomic mass is 9.81. The minimum atomic E-state index is -5.33. The number of hydrogen-bond donors (Lipinski definition) is 4. The highest BCUT2D eigenvalue weighted by Gasteiger charge is 2.57. The quantitative estimate of drug-likeness (QED) is 0.275. The number of amides is 2. The van der Waals surface area contributed by atoms with Gasteiger partial charge >= 0.3 is 6.18 Å². The first-order valence-corrected chi connectivity index (χ1v) is 11.6. The molecule has 2 amide bonds. The van der Waals surface area contributed by atoms with Gasteiger partial charge in [0.2, 0.25) is 11.5 Å². The van der Waals surface area contributed by atoms with E-state index in [1.54, 1.807) is 6.07 Å². The molecule has 4 aromatic rings. The third-order valence-electron chi connectivity index (χ3n) is 6.83. The highest BCUT2D eigenvalue weighted by atomic mass is 19.4. The van der Waals surface area contributed by atoms with Crippen LogP contribution >= 0.6 is 0 Å². The van der Waals surface area contributed by atoms with E-state index in [2.05, 4.69) is 20.3 Å².